The molecule has 1 unspecified atom stereocenters. The van der Waals surface area contributed by atoms with Gasteiger partial charge in [-0.1, -0.05) is 62.9 Å². The second kappa shape index (κ2) is 10.6. The third-order valence-corrected chi connectivity index (χ3v) is 7.42. The van der Waals surface area contributed by atoms with Crippen molar-refractivity contribution in [1.29, 1.82) is 0 Å². The number of Topliss-reactive ketones (excluding diaryl/α,β-unsaturated/α-hetero) is 1. The first kappa shape index (κ1) is 24.2. The number of pyridine rings is 1. The number of benzene rings is 2. The van der Waals surface area contributed by atoms with Crippen molar-refractivity contribution in [1.82, 2.24) is 4.98 Å². The van der Waals surface area contributed by atoms with Crippen molar-refractivity contribution >= 4 is 45.6 Å². The lowest BCUT2D eigenvalue weighted by Crippen LogP contribution is -2.29. The summed E-state index contributed by atoms with van der Waals surface area (Å²) in [5.74, 6) is 1.96. The summed E-state index contributed by atoms with van der Waals surface area (Å²) >= 11 is 6.29. The molecule has 5 nitrogen and oxygen atoms in total. The first-order chi connectivity index (χ1) is 16.3. The van der Waals surface area contributed by atoms with E-state index in [0.717, 1.165) is 16.3 Å². The minimum absolute atomic E-state index is 0.0122. The fraction of sp³-hybridized carbons (Fsp3) is 0.393. The maximum atomic E-state index is 12.9. The van der Waals surface area contributed by atoms with Crippen LogP contribution in [0.5, 0.6) is 0 Å². The predicted molar refractivity (Wildman–Crippen MR) is 139 cm³/mol. The van der Waals surface area contributed by atoms with Crippen molar-refractivity contribution in [3.8, 4) is 0 Å². The van der Waals surface area contributed by atoms with Crippen molar-refractivity contribution in [3.05, 3.63) is 64.8 Å². The Morgan fingerprint density at radius 1 is 1.09 bits per heavy atom. The number of aryl methyl sites for hydroxylation is 1. The Morgan fingerprint density at radius 2 is 1.85 bits per heavy atom. The highest BCUT2D eigenvalue weighted by atomic mass is 35.5. The van der Waals surface area contributed by atoms with Crippen molar-refractivity contribution in [2.45, 2.75) is 52.4 Å². The van der Waals surface area contributed by atoms with Crippen LogP contribution >= 0.6 is 11.6 Å². The molecule has 3 aromatic rings. The predicted octanol–water partition coefficient (Wildman–Crippen LogP) is 6.69. The highest BCUT2D eigenvalue weighted by Gasteiger charge is 2.29. The lowest BCUT2D eigenvalue weighted by Gasteiger charge is -2.34. The molecule has 1 aliphatic carbocycles. The third kappa shape index (κ3) is 5.76. The molecule has 0 radical (unpaired) electrons. The van der Waals surface area contributed by atoms with E-state index in [1.807, 2.05) is 24.3 Å². The van der Waals surface area contributed by atoms with Crippen molar-refractivity contribution < 1.29 is 9.59 Å². The lowest BCUT2D eigenvalue weighted by molar-refractivity contribution is -0.118. The molecule has 1 aromatic heterocycles. The number of ketones is 1. The second-order valence-electron chi connectivity index (χ2n) is 9.71. The molecule has 34 heavy (non-hydrogen) atoms. The standard InChI is InChI=1S/C28H32ClN3O2/c1-17-4-3-5-18(2)25(17)16-27(34)32-23-14-21(13-22(29)15-23)26(33)9-7-19-6-8-24-20(12-19)10-11-31-28(24)30/h6,8,10-15,17-18,25H,3-5,7,9,16H2,1-2H3,(H2,30,31)(H,32,34)/t17-,18+,25?. The Labute approximate surface area is 206 Å². The molecule has 1 amide bonds. The largest absolute Gasteiger partial charge is 0.383 e. The third-order valence-electron chi connectivity index (χ3n) is 7.21. The number of nitrogens with one attached hydrogen (secondary N) is 1. The molecule has 0 bridgehead atoms. The van der Waals surface area contributed by atoms with Crippen LogP contribution in [0.4, 0.5) is 11.5 Å². The summed E-state index contributed by atoms with van der Waals surface area (Å²) in [5.41, 5.74) is 8.06. The van der Waals surface area contributed by atoms with Crippen LogP contribution in [0.1, 0.15) is 61.9 Å². The van der Waals surface area contributed by atoms with E-state index in [-0.39, 0.29) is 11.7 Å². The van der Waals surface area contributed by atoms with Crippen molar-refractivity contribution in [2.75, 3.05) is 11.1 Å². The summed E-state index contributed by atoms with van der Waals surface area (Å²) in [7, 11) is 0. The van der Waals surface area contributed by atoms with Gasteiger partial charge >= 0.3 is 0 Å². The van der Waals surface area contributed by atoms with Crippen LogP contribution in [0.2, 0.25) is 5.02 Å². The smallest absolute Gasteiger partial charge is 0.224 e. The number of hydrogen-bond donors (Lipinski definition) is 2. The normalized spacial score (nSPS) is 20.3. The Balaban J connectivity index is 1.40. The van der Waals surface area contributed by atoms with Gasteiger partial charge in [0.15, 0.2) is 5.78 Å². The highest BCUT2D eigenvalue weighted by Crippen LogP contribution is 2.36. The lowest BCUT2D eigenvalue weighted by atomic mass is 9.72. The number of fused-ring (bicyclic) bond motifs is 1. The van der Waals surface area contributed by atoms with Gasteiger partial charge in [-0.05, 0) is 59.4 Å². The zero-order chi connectivity index (χ0) is 24.2. The molecule has 0 saturated heterocycles. The maximum absolute atomic E-state index is 12.9. The molecule has 1 aliphatic rings. The monoisotopic (exact) mass is 477 g/mol. The number of rotatable bonds is 7. The molecule has 2 aromatic carbocycles. The number of carbonyl (C=O) groups excluding carboxylic acids is 2. The van der Waals surface area contributed by atoms with Crippen molar-refractivity contribution in [3.63, 3.8) is 0 Å². The summed E-state index contributed by atoms with van der Waals surface area (Å²) in [4.78, 5) is 29.8. The van der Waals surface area contributed by atoms with E-state index >= 15 is 0 Å². The quantitative estimate of drug-likeness (QED) is 0.371. The van der Waals surface area contributed by atoms with E-state index in [2.05, 4.69) is 24.1 Å². The molecule has 1 heterocycles. The van der Waals surface area contributed by atoms with Crippen LogP contribution in [0, 0.1) is 17.8 Å². The number of nitrogen functional groups attached to an aromatic ring is 1. The van der Waals surface area contributed by atoms with Gasteiger partial charge < -0.3 is 11.1 Å². The molecular formula is C28H32ClN3O2. The van der Waals surface area contributed by atoms with E-state index in [0.29, 0.717) is 59.1 Å². The van der Waals surface area contributed by atoms with E-state index < -0.39 is 0 Å². The molecule has 6 heteroatoms. The summed E-state index contributed by atoms with van der Waals surface area (Å²) in [6.07, 6.45) is 6.73. The fourth-order valence-electron chi connectivity index (χ4n) is 5.21. The molecule has 3 N–H and O–H groups in total. The highest BCUT2D eigenvalue weighted by molar-refractivity contribution is 6.31. The number of carbonyl (C=O) groups is 2. The van der Waals surface area contributed by atoms with E-state index in [1.54, 1.807) is 24.4 Å². The second-order valence-corrected chi connectivity index (χ2v) is 10.1. The molecule has 0 spiro atoms. The van der Waals surface area contributed by atoms with Crippen LogP contribution in [-0.2, 0) is 11.2 Å². The zero-order valence-corrected chi connectivity index (χ0v) is 20.6. The number of hydrogen-bond acceptors (Lipinski definition) is 4. The van der Waals surface area contributed by atoms with Gasteiger partial charge in [0, 0.05) is 40.7 Å². The Hall–Kier alpha value is -2.92. The Bertz CT molecular complexity index is 1200. The van der Waals surface area contributed by atoms with Crippen LogP contribution in [0.25, 0.3) is 10.8 Å². The SMILES string of the molecule is C[C@@H]1CCC[C@H](C)C1CC(=O)Nc1cc(Cl)cc(C(=O)CCc2ccc3c(N)nccc3c2)c1. The first-order valence-electron chi connectivity index (χ1n) is 12.1. The van der Waals surface area contributed by atoms with Gasteiger partial charge in [-0.25, -0.2) is 4.98 Å². The van der Waals surface area contributed by atoms with Gasteiger partial charge in [0.1, 0.15) is 5.82 Å². The number of halogens is 1. The van der Waals surface area contributed by atoms with E-state index in [1.165, 1.54) is 19.3 Å². The minimum Gasteiger partial charge on any atom is -0.383 e. The van der Waals surface area contributed by atoms with Gasteiger partial charge in [0.25, 0.3) is 0 Å². The zero-order valence-electron chi connectivity index (χ0n) is 19.8. The van der Waals surface area contributed by atoms with Gasteiger partial charge in [0.05, 0.1) is 0 Å². The van der Waals surface area contributed by atoms with Crippen LogP contribution in [0.15, 0.2) is 48.7 Å². The van der Waals surface area contributed by atoms with Crippen LogP contribution < -0.4 is 11.1 Å². The molecule has 4 rings (SSSR count). The number of anilines is 2. The topological polar surface area (TPSA) is 85.1 Å². The summed E-state index contributed by atoms with van der Waals surface area (Å²) in [6.45, 7) is 4.48. The average molecular weight is 478 g/mol. The Morgan fingerprint density at radius 3 is 2.62 bits per heavy atom. The minimum atomic E-state index is -0.0174. The van der Waals surface area contributed by atoms with Gasteiger partial charge in [-0.2, -0.15) is 0 Å². The van der Waals surface area contributed by atoms with Crippen LogP contribution in [-0.4, -0.2) is 16.7 Å². The Kier molecular flexibility index (Phi) is 7.52. The number of nitrogens with zero attached hydrogens (tertiary/aromatic N) is 1. The van der Waals surface area contributed by atoms with Crippen molar-refractivity contribution in [2.24, 2.45) is 17.8 Å². The number of amides is 1. The summed E-state index contributed by atoms with van der Waals surface area (Å²) < 4.78 is 0. The molecular weight excluding hydrogens is 446 g/mol. The molecule has 1 saturated carbocycles. The molecule has 178 valence electrons. The fourth-order valence-corrected chi connectivity index (χ4v) is 5.45. The molecule has 1 fully saturated rings. The van der Waals surface area contributed by atoms with E-state index in [4.69, 9.17) is 17.3 Å². The summed E-state index contributed by atoms with van der Waals surface area (Å²) in [6, 6.07) is 13.0. The van der Waals surface area contributed by atoms with Crippen LogP contribution in [0.3, 0.4) is 0 Å². The van der Waals surface area contributed by atoms with E-state index in [9.17, 15) is 9.59 Å². The number of nitrogens with two attached hydrogens (primary N) is 1. The maximum Gasteiger partial charge on any atom is 0.224 e. The van der Waals surface area contributed by atoms with Gasteiger partial charge in [-0.15, -0.1) is 0 Å². The number of aromatic nitrogens is 1. The van der Waals surface area contributed by atoms with Gasteiger partial charge in [-0.3, -0.25) is 9.59 Å². The first-order valence-corrected chi connectivity index (χ1v) is 12.4. The molecule has 0 aliphatic heterocycles. The molecule has 3 atom stereocenters. The van der Waals surface area contributed by atoms with Gasteiger partial charge in [0.2, 0.25) is 5.91 Å². The summed E-state index contributed by atoms with van der Waals surface area (Å²) in [5, 5.41) is 5.32. The average Bonchev–Trinajstić information content (AvgIpc) is 2.79.